The molecule has 0 saturated heterocycles. The van der Waals surface area contributed by atoms with Crippen molar-refractivity contribution in [2.45, 2.75) is 20.0 Å². The summed E-state index contributed by atoms with van der Waals surface area (Å²) in [5.41, 5.74) is 1.06. The lowest BCUT2D eigenvalue weighted by Gasteiger charge is -2.17. The molecule has 1 aromatic carbocycles. The Kier molecular flexibility index (Phi) is 6.00. The molecule has 0 heterocycles. The first kappa shape index (κ1) is 14.3. The SMILES string of the molecule is Cc1ccccc1OC(C)CNC(=O)NCCO. The molecular weight excluding hydrogens is 232 g/mol. The third kappa shape index (κ3) is 5.05. The highest BCUT2D eigenvalue weighted by atomic mass is 16.5. The molecule has 0 aromatic heterocycles. The molecule has 0 bridgehead atoms. The second-order valence-corrected chi connectivity index (χ2v) is 4.05. The van der Waals surface area contributed by atoms with Crippen LogP contribution in [0.3, 0.4) is 0 Å². The number of nitrogens with one attached hydrogen (secondary N) is 2. The van der Waals surface area contributed by atoms with E-state index in [0.717, 1.165) is 11.3 Å². The van der Waals surface area contributed by atoms with Gasteiger partial charge in [-0.1, -0.05) is 18.2 Å². The first-order chi connectivity index (χ1) is 8.63. The number of aliphatic hydroxyl groups excluding tert-OH is 1. The second kappa shape index (κ2) is 7.55. The van der Waals surface area contributed by atoms with Gasteiger partial charge >= 0.3 is 6.03 Å². The molecule has 0 fully saturated rings. The molecule has 18 heavy (non-hydrogen) atoms. The van der Waals surface area contributed by atoms with E-state index in [1.54, 1.807) is 0 Å². The Hall–Kier alpha value is -1.75. The predicted octanol–water partition coefficient (Wildman–Crippen LogP) is 1.05. The van der Waals surface area contributed by atoms with Gasteiger partial charge in [0.05, 0.1) is 13.2 Å². The van der Waals surface area contributed by atoms with Gasteiger partial charge in [-0.15, -0.1) is 0 Å². The topological polar surface area (TPSA) is 70.6 Å². The van der Waals surface area contributed by atoms with Crippen LogP contribution in [0.15, 0.2) is 24.3 Å². The Balaban J connectivity index is 2.32. The third-order valence-corrected chi connectivity index (χ3v) is 2.37. The molecule has 0 spiro atoms. The highest BCUT2D eigenvalue weighted by Crippen LogP contribution is 2.17. The van der Waals surface area contributed by atoms with Crippen LogP contribution in [0, 0.1) is 6.92 Å². The van der Waals surface area contributed by atoms with Gasteiger partial charge in [0.25, 0.3) is 0 Å². The molecule has 1 unspecified atom stereocenters. The van der Waals surface area contributed by atoms with E-state index in [9.17, 15) is 4.79 Å². The minimum atomic E-state index is -0.302. The van der Waals surface area contributed by atoms with Crippen LogP contribution in [0.2, 0.25) is 0 Å². The smallest absolute Gasteiger partial charge is 0.315 e. The van der Waals surface area contributed by atoms with Crippen molar-refractivity contribution >= 4 is 6.03 Å². The van der Waals surface area contributed by atoms with Gasteiger partial charge in [0.1, 0.15) is 11.9 Å². The zero-order valence-corrected chi connectivity index (χ0v) is 10.8. The molecule has 5 heteroatoms. The van der Waals surface area contributed by atoms with Crippen LogP contribution in [0.1, 0.15) is 12.5 Å². The van der Waals surface area contributed by atoms with Crippen LogP contribution in [0.4, 0.5) is 4.79 Å². The van der Waals surface area contributed by atoms with E-state index in [1.165, 1.54) is 0 Å². The van der Waals surface area contributed by atoms with E-state index in [1.807, 2.05) is 38.1 Å². The van der Waals surface area contributed by atoms with Crippen molar-refractivity contribution in [1.82, 2.24) is 10.6 Å². The van der Waals surface area contributed by atoms with Gasteiger partial charge in [-0.2, -0.15) is 0 Å². The maximum absolute atomic E-state index is 11.2. The number of amides is 2. The van der Waals surface area contributed by atoms with Crippen molar-refractivity contribution in [3.63, 3.8) is 0 Å². The standard InChI is InChI=1S/C13H20N2O3/c1-10-5-3-4-6-12(10)18-11(2)9-15-13(17)14-7-8-16/h3-6,11,16H,7-9H2,1-2H3,(H2,14,15,17). The number of carbonyl (C=O) groups is 1. The summed E-state index contributed by atoms with van der Waals surface area (Å²) in [6.45, 7) is 4.45. The fourth-order valence-electron chi connectivity index (χ4n) is 1.42. The van der Waals surface area contributed by atoms with E-state index >= 15 is 0 Å². The van der Waals surface area contributed by atoms with Crippen LogP contribution in [0.5, 0.6) is 5.75 Å². The largest absolute Gasteiger partial charge is 0.489 e. The first-order valence-electron chi connectivity index (χ1n) is 5.98. The van der Waals surface area contributed by atoms with Gasteiger partial charge in [0.15, 0.2) is 0 Å². The lowest BCUT2D eigenvalue weighted by Crippen LogP contribution is -2.41. The number of aryl methyl sites for hydroxylation is 1. The first-order valence-corrected chi connectivity index (χ1v) is 5.98. The van der Waals surface area contributed by atoms with Gasteiger partial charge in [-0.25, -0.2) is 4.79 Å². The molecule has 0 aliphatic rings. The maximum Gasteiger partial charge on any atom is 0.315 e. The van der Waals surface area contributed by atoms with Crippen molar-refractivity contribution < 1.29 is 14.6 Å². The normalized spacial score (nSPS) is 11.7. The Bertz CT molecular complexity index is 382. The van der Waals surface area contributed by atoms with E-state index in [4.69, 9.17) is 9.84 Å². The summed E-state index contributed by atoms with van der Waals surface area (Å²) in [7, 11) is 0. The summed E-state index contributed by atoms with van der Waals surface area (Å²) < 4.78 is 5.71. The molecule has 5 nitrogen and oxygen atoms in total. The molecule has 2 amide bonds. The predicted molar refractivity (Wildman–Crippen MR) is 69.8 cm³/mol. The molecule has 1 rings (SSSR count). The molecule has 1 aromatic rings. The minimum Gasteiger partial charge on any atom is -0.489 e. The Labute approximate surface area is 107 Å². The fourth-order valence-corrected chi connectivity index (χ4v) is 1.42. The molecule has 1 atom stereocenters. The van der Waals surface area contributed by atoms with Gasteiger partial charge in [0.2, 0.25) is 0 Å². The average Bonchev–Trinajstić information content (AvgIpc) is 2.36. The van der Waals surface area contributed by atoms with Crippen molar-refractivity contribution in [2.75, 3.05) is 19.7 Å². The van der Waals surface area contributed by atoms with E-state index < -0.39 is 0 Å². The fraction of sp³-hybridized carbons (Fsp3) is 0.462. The van der Waals surface area contributed by atoms with Crippen LogP contribution in [-0.2, 0) is 0 Å². The van der Waals surface area contributed by atoms with Crippen LogP contribution in [-0.4, -0.2) is 36.9 Å². The number of carbonyl (C=O) groups excluding carboxylic acids is 1. The number of aliphatic hydroxyl groups is 1. The quantitative estimate of drug-likeness (QED) is 0.709. The zero-order valence-electron chi connectivity index (χ0n) is 10.8. The van der Waals surface area contributed by atoms with Crippen molar-refractivity contribution in [3.8, 4) is 5.75 Å². The number of hydrogen-bond donors (Lipinski definition) is 3. The number of urea groups is 1. The number of benzene rings is 1. The zero-order chi connectivity index (χ0) is 13.4. The summed E-state index contributed by atoms with van der Waals surface area (Å²) in [4.78, 5) is 11.2. The van der Waals surface area contributed by atoms with E-state index in [0.29, 0.717) is 6.54 Å². The summed E-state index contributed by atoms with van der Waals surface area (Å²) in [5.74, 6) is 0.822. The highest BCUT2D eigenvalue weighted by Gasteiger charge is 2.07. The van der Waals surface area contributed by atoms with Crippen molar-refractivity contribution in [1.29, 1.82) is 0 Å². The lowest BCUT2D eigenvalue weighted by molar-refractivity contribution is 0.205. The summed E-state index contributed by atoms with van der Waals surface area (Å²) in [6.07, 6.45) is -0.119. The maximum atomic E-state index is 11.2. The van der Waals surface area contributed by atoms with Gasteiger partial charge in [-0.05, 0) is 25.5 Å². The molecule has 100 valence electrons. The van der Waals surface area contributed by atoms with Crippen LogP contribution in [0.25, 0.3) is 0 Å². The number of hydrogen-bond acceptors (Lipinski definition) is 3. The minimum absolute atomic E-state index is 0.0668. The molecule has 0 saturated carbocycles. The highest BCUT2D eigenvalue weighted by molar-refractivity contribution is 5.73. The van der Waals surface area contributed by atoms with Gasteiger partial charge in [-0.3, -0.25) is 0 Å². The molecule has 0 radical (unpaired) electrons. The lowest BCUT2D eigenvalue weighted by atomic mass is 10.2. The van der Waals surface area contributed by atoms with Crippen molar-refractivity contribution in [2.24, 2.45) is 0 Å². The second-order valence-electron chi connectivity index (χ2n) is 4.05. The summed E-state index contributed by atoms with van der Waals surface area (Å²) >= 11 is 0. The van der Waals surface area contributed by atoms with Crippen LogP contribution >= 0.6 is 0 Å². The van der Waals surface area contributed by atoms with Gasteiger partial charge in [0, 0.05) is 6.54 Å². The Morgan fingerprint density at radius 2 is 2.11 bits per heavy atom. The van der Waals surface area contributed by atoms with E-state index in [2.05, 4.69) is 10.6 Å². The number of para-hydroxylation sites is 1. The number of ether oxygens (including phenoxy) is 1. The summed E-state index contributed by atoms with van der Waals surface area (Å²) in [6, 6.07) is 7.44. The van der Waals surface area contributed by atoms with Crippen LogP contribution < -0.4 is 15.4 Å². The van der Waals surface area contributed by atoms with E-state index in [-0.39, 0.29) is 25.3 Å². The van der Waals surface area contributed by atoms with Crippen molar-refractivity contribution in [3.05, 3.63) is 29.8 Å². The molecular formula is C13H20N2O3. The summed E-state index contributed by atoms with van der Waals surface area (Å²) in [5, 5.41) is 13.7. The number of rotatable bonds is 6. The molecule has 0 aliphatic carbocycles. The monoisotopic (exact) mass is 252 g/mol. The average molecular weight is 252 g/mol. The Morgan fingerprint density at radius 1 is 1.39 bits per heavy atom. The Morgan fingerprint density at radius 3 is 2.78 bits per heavy atom. The molecule has 3 N–H and O–H groups in total. The molecule has 0 aliphatic heterocycles. The van der Waals surface area contributed by atoms with Gasteiger partial charge < -0.3 is 20.5 Å². The third-order valence-electron chi connectivity index (χ3n) is 2.37.